The van der Waals surface area contributed by atoms with Crippen LogP contribution in [0.1, 0.15) is 42.2 Å². The highest BCUT2D eigenvalue weighted by Crippen LogP contribution is 2.21. The minimum absolute atomic E-state index is 0.135. The van der Waals surface area contributed by atoms with E-state index in [0.29, 0.717) is 18.8 Å². The van der Waals surface area contributed by atoms with Gasteiger partial charge in [0.2, 0.25) is 10.0 Å². The Morgan fingerprint density at radius 1 is 1.18 bits per heavy atom. The summed E-state index contributed by atoms with van der Waals surface area (Å²) in [6.45, 7) is 3.19. The second-order valence-corrected chi connectivity index (χ2v) is 10.0. The summed E-state index contributed by atoms with van der Waals surface area (Å²) in [5.74, 6) is 1.24. The van der Waals surface area contributed by atoms with Crippen molar-refractivity contribution in [3.05, 3.63) is 47.8 Å². The van der Waals surface area contributed by atoms with Crippen molar-refractivity contribution < 1.29 is 13.2 Å². The molecule has 1 aromatic heterocycles. The van der Waals surface area contributed by atoms with Gasteiger partial charge in [-0.25, -0.2) is 8.42 Å². The van der Waals surface area contributed by atoms with E-state index >= 15 is 0 Å². The van der Waals surface area contributed by atoms with Crippen molar-refractivity contribution in [2.45, 2.75) is 37.5 Å². The molecular weight excluding hydrogens is 394 g/mol. The highest BCUT2D eigenvalue weighted by atomic mass is 32.2. The van der Waals surface area contributed by atoms with Gasteiger partial charge in [0, 0.05) is 36.5 Å². The third-order valence-electron chi connectivity index (χ3n) is 4.79. The molecule has 1 saturated heterocycles. The maximum absolute atomic E-state index is 12.7. The number of nitrogens with one attached hydrogen (secondary N) is 2. The summed E-state index contributed by atoms with van der Waals surface area (Å²) in [5.41, 5.74) is 2.17. The number of unbranched alkanes of at least 4 members (excludes halogenated alkanes) is 2. The van der Waals surface area contributed by atoms with Crippen LogP contribution in [-0.2, 0) is 16.4 Å². The van der Waals surface area contributed by atoms with E-state index in [0.717, 1.165) is 24.3 Å². The Bertz CT molecular complexity index is 886. The van der Waals surface area contributed by atoms with Crippen LogP contribution in [0.4, 0.5) is 5.69 Å². The first-order valence-electron chi connectivity index (χ1n) is 9.67. The molecule has 3 rings (SSSR count). The van der Waals surface area contributed by atoms with E-state index in [4.69, 9.17) is 0 Å². The number of rotatable bonds is 8. The Labute approximate surface area is 171 Å². The van der Waals surface area contributed by atoms with Gasteiger partial charge in [0.25, 0.3) is 5.91 Å². The predicted octanol–water partition coefficient (Wildman–Crippen LogP) is 3.74. The normalized spacial score (nSPS) is 15.5. The van der Waals surface area contributed by atoms with E-state index in [9.17, 15) is 13.2 Å². The number of amides is 1. The maximum atomic E-state index is 12.7. The highest BCUT2D eigenvalue weighted by Gasteiger charge is 2.27. The van der Waals surface area contributed by atoms with Crippen LogP contribution >= 0.6 is 11.8 Å². The zero-order chi connectivity index (χ0) is 20.0. The standard InChI is InChI=1S/C20H27N3O3S2/c1-2-3-4-5-16-6-8-17(9-7-16)22-20(24)19-14-18(15-21-19)28(25,26)23-10-12-27-13-11-23/h6-9,14-15,21H,2-5,10-13H2,1H3,(H,22,24). The number of carbonyl (C=O) groups excluding carboxylic acids is 1. The number of carbonyl (C=O) groups is 1. The van der Waals surface area contributed by atoms with Crippen molar-refractivity contribution >= 4 is 33.4 Å². The van der Waals surface area contributed by atoms with Gasteiger partial charge in [-0.15, -0.1) is 0 Å². The van der Waals surface area contributed by atoms with E-state index in [-0.39, 0.29) is 16.5 Å². The number of sulfonamides is 1. The molecule has 28 heavy (non-hydrogen) atoms. The Morgan fingerprint density at radius 2 is 1.89 bits per heavy atom. The summed E-state index contributed by atoms with van der Waals surface area (Å²) >= 11 is 1.75. The molecule has 0 saturated carbocycles. The molecule has 2 aromatic rings. The number of aromatic amines is 1. The van der Waals surface area contributed by atoms with Crippen molar-refractivity contribution in [3.8, 4) is 0 Å². The average molecular weight is 422 g/mol. The number of H-pyrrole nitrogens is 1. The van der Waals surface area contributed by atoms with Crippen molar-refractivity contribution in [3.63, 3.8) is 0 Å². The number of benzene rings is 1. The van der Waals surface area contributed by atoms with Gasteiger partial charge in [-0.2, -0.15) is 16.1 Å². The first-order chi connectivity index (χ1) is 13.5. The van der Waals surface area contributed by atoms with E-state index in [1.54, 1.807) is 11.8 Å². The van der Waals surface area contributed by atoms with Crippen LogP contribution < -0.4 is 5.32 Å². The van der Waals surface area contributed by atoms with Crippen LogP contribution in [0.3, 0.4) is 0 Å². The fourth-order valence-electron chi connectivity index (χ4n) is 3.12. The van der Waals surface area contributed by atoms with Crippen molar-refractivity contribution in [2.75, 3.05) is 29.9 Å². The fraction of sp³-hybridized carbons (Fsp3) is 0.450. The molecule has 0 unspecified atom stereocenters. The Hall–Kier alpha value is -1.77. The van der Waals surface area contributed by atoms with E-state index in [1.165, 1.54) is 35.0 Å². The van der Waals surface area contributed by atoms with Crippen LogP contribution in [0.2, 0.25) is 0 Å². The lowest BCUT2D eigenvalue weighted by Gasteiger charge is -2.24. The number of aromatic nitrogens is 1. The van der Waals surface area contributed by atoms with Crippen molar-refractivity contribution in [1.29, 1.82) is 0 Å². The van der Waals surface area contributed by atoms with Gasteiger partial charge < -0.3 is 10.3 Å². The topological polar surface area (TPSA) is 82.3 Å². The molecule has 152 valence electrons. The molecule has 2 N–H and O–H groups in total. The number of nitrogens with zero attached hydrogens (tertiary/aromatic N) is 1. The minimum Gasteiger partial charge on any atom is -0.356 e. The lowest BCUT2D eigenvalue weighted by atomic mass is 10.1. The predicted molar refractivity (Wildman–Crippen MR) is 115 cm³/mol. The van der Waals surface area contributed by atoms with Crippen LogP contribution in [0.15, 0.2) is 41.4 Å². The SMILES string of the molecule is CCCCCc1ccc(NC(=O)c2cc(S(=O)(=O)N3CCSCC3)c[nH]2)cc1. The molecular formula is C20H27N3O3S2. The van der Waals surface area contributed by atoms with Gasteiger partial charge in [0.1, 0.15) is 10.6 Å². The second-order valence-electron chi connectivity index (χ2n) is 6.87. The van der Waals surface area contributed by atoms with Crippen LogP contribution in [0.5, 0.6) is 0 Å². The quantitative estimate of drug-likeness (QED) is 0.636. The summed E-state index contributed by atoms with van der Waals surface area (Å²) in [4.78, 5) is 15.4. The second kappa shape index (κ2) is 9.62. The monoisotopic (exact) mass is 421 g/mol. The van der Waals surface area contributed by atoms with Crippen LogP contribution in [0.25, 0.3) is 0 Å². The van der Waals surface area contributed by atoms with Crippen molar-refractivity contribution in [2.24, 2.45) is 0 Å². The summed E-state index contributed by atoms with van der Waals surface area (Å²) in [7, 11) is -3.56. The number of thioether (sulfide) groups is 1. The third-order valence-corrected chi connectivity index (χ3v) is 7.61. The molecule has 8 heteroatoms. The molecule has 0 spiro atoms. The highest BCUT2D eigenvalue weighted by molar-refractivity contribution is 7.99. The van der Waals surface area contributed by atoms with E-state index < -0.39 is 10.0 Å². The average Bonchev–Trinajstić information content (AvgIpc) is 3.21. The van der Waals surface area contributed by atoms with Crippen LogP contribution in [-0.4, -0.2) is 48.2 Å². The minimum atomic E-state index is -3.56. The molecule has 0 aliphatic carbocycles. The van der Waals surface area contributed by atoms with E-state index in [1.807, 2.05) is 24.3 Å². The zero-order valence-electron chi connectivity index (χ0n) is 16.1. The fourth-order valence-corrected chi connectivity index (χ4v) is 5.69. The van der Waals surface area contributed by atoms with Gasteiger partial charge in [-0.05, 0) is 36.6 Å². The van der Waals surface area contributed by atoms with Gasteiger partial charge in [-0.3, -0.25) is 4.79 Å². The molecule has 0 atom stereocenters. The smallest absolute Gasteiger partial charge is 0.272 e. The summed E-state index contributed by atoms with van der Waals surface area (Å²) in [6.07, 6.45) is 6.00. The lowest BCUT2D eigenvalue weighted by molar-refractivity contribution is 0.102. The molecule has 0 radical (unpaired) electrons. The number of aryl methyl sites for hydroxylation is 1. The molecule has 1 amide bonds. The van der Waals surface area contributed by atoms with E-state index in [2.05, 4.69) is 17.2 Å². The van der Waals surface area contributed by atoms with Gasteiger partial charge in [0.15, 0.2) is 0 Å². The molecule has 1 aliphatic rings. The number of anilines is 1. The first-order valence-corrected chi connectivity index (χ1v) is 12.3. The number of hydrogen-bond donors (Lipinski definition) is 2. The van der Waals surface area contributed by atoms with Gasteiger partial charge >= 0.3 is 0 Å². The van der Waals surface area contributed by atoms with Crippen molar-refractivity contribution in [1.82, 2.24) is 9.29 Å². The lowest BCUT2D eigenvalue weighted by Crippen LogP contribution is -2.37. The third kappa shape index (κ3) is 5.18. The summed E-state index contributed by atoms with van der Waals surface area (Å²) < 4.78 is 26.9. The summed E-state index contributed by atoms with van der Waals surface area (Å²) in [5, 5.41) is 2.82. The molecule has 1 fully saturated rings. The molecule has 0 bridgehead atoms. The number of hydrogen-bond acceptors (Lipinski definition) is 4. The Balaban J connectivity index is 1.62. The Morgan fingerprint density at radius 3 is 2.57 bits per heavy atom. The molecule has 6 nitrogen and oxygen atoms in total. The maximum Gasteiger partial charge on any atom is 0.272 e. The molecule has 1 aromatic carbocycles. The Kier molecular flexibility index (Phi) is 7.20. The van der Waals surface area contributed by atoms with Crippen LogP contribution in [0, 0.1) is 0 Å². The zero-order valence-corrected chi connectivity index (χ0v) is 17.7. The summed E-state index contributed by atoms with van der Waals surface area (Å²) in [6, 6.07) is 9.20. The molecule has 1 aliphatic heterocycles. The van der Waals surface area contributed by atoms with Gasteiger partial charge in [0.05, 0.1) is 0 Å². The molecule has 2 heterocycles. The first kappa shape index (κ1) is 21.0. The van der Waals surface area contributed by atoms with Gasteiger partial charge in [-0.1, -0.05) is 31.9 Å². The largest absolute Gasteiger partial charge is 0.356 e.